The molecule has 2 aromatic heterocycles. The molecule has 1 N–H and O–H groups in total. The van der Waals surface area contributed by atoms with Gasteiger partial charge in [-0.25, -0.2) is 4.98 Å². The van der Waals surface area contributed by atoms with Crippen molar-refractivity contribution in [3.63, 3.8) is 0 Å². The Kier molecular flexibility index (Phi) is 4.55. The molecular weight excluding hydrogens is 364 g/mol. The first-order valence-electron chi connectivity index (χ1n) is 7.47. The van der Waals surface area contributed by atoms with E-state index in [1.807, 2.05) is 11.3 Å². The minimum Gasteiger partial charge on any atom is -0.309 e. The van der Waals surface area contributed by atoms with Crippen molar-refractivity contribution in [3.05, 3.63) is 26.5 Å². The largest absolute Gasteiger partial charge is 0.309 e. The molecule has 2 nitrogen and oxygen atoms in total. The second-order valence-corrected chi connectivity index (χ2v) is 9.98. The molecule has 0 saturated heterocycles. The first-order chi connectivity index (χ1) is 9.98. The number of nitrogens with zero attached hydrogens (tertiary/aromatic N) is 1. The zero-order valence-electron chi connectivity index (χ0n) is 12.7. The molecule has 0 amide bonds. The lowest BCUT2D eigenvalue weighted by Crippen LogP contribution is -2.33. The van der Waals surface area contributed by atoms with Gasteiger partial charge in [0.15, 0.2) is 0 Å². The molecule has 1 aliphatic rings. The van der Waals surface area contributed by atoms with Crippen molar-refractivity contribution in [2.24, 2.45) is 5.41 Å². The van der Waals surface area contributed by atoms with Crippen LogP contribution in [0.1, 0.15) is 50.2 Å². The van der Waals surface area contributed by atoms with Gasteiger partial charge in [-0.15, -0.1) is 22.7 Å². The number of nitrogens with one attached hydrogen (secondary N) is 1. The van der Waals surface area contributed by atoms with Gasteiger partial charge < -0.3 is 5.32 Å². The maximum Gasteiger partial charge on any atom is 0.133 e. The number of rotatable bonds is 4. The summed E-state index contributed by atoms with van der Waals surface area (Å²) in [6.45, 7) is 8.02. The Labute approximate surface area is 143 Å². The molecule has 2 aromatic rings. The molecule has 2 heterocycles. The van der Waals surface area contributed by atoms with Crippen molar-refractivity contribution >= 4 is 38.6 Å². The van der Waals surface area contributed by atoms with Gasteiger partial charge in [0.05, 0.1) is 14.4 Å². The van der Waals surface area contributed by atoms with Crippen LogP contribution in [0, 0.1) is 5.41 Å². The van der Waals surface area contributed by atoms with Crippen LogP contribution in [0.25, 0.3) is 9.88 Å². The van der Waals surface area contributed by atoms with Crippen LogP contribution in [0.3, 0.4) is 0 Å². The van der Waals surface area contributed by atoms with E-state index in [4.69, 9.17) is 4.98 Å². The van der Waals surface area contributed by atoms with Crippen LogP contribution in [0.5, 0.6) is 0 Å². The number of thiophene rings is 1. The summed E-state index contributed by atoms with van der Waals surface area (Å²) in [5.74, 6) is 0. The normalized spacial score (nSPS) is 20.5. The standard InChI is InChI=1S/C16H21BrN2S2/c1-4-7-18-10-8-16(2,3)9-11-14(10)21-15(19-11)12-5-6-13(17)20-12/h5-6,10,18H,4,7-9H2,1-3H3. The summed E-state index contributed by atoms with van der Waals surface area (Å²) in [5.41, 5.74) is 1.64. The Morgan fingerprint density at radius 2 is 2.19 bits per heavy atom. The van der Waals surface area contributed by atoms with E-state index in [0.29, 0.717) is 11.5 Å². The fourth-order valence-corrected chi connectivity index (χ4v) is 5.55. The fourth-order valence-electron chi connectivity index (χ4n) is 2.95. The summed E-state index contributed by atoms with van der Waals surface area (Å²) >= 11 is 7.19. The van der Waals surface area contributed by atoms with Gasteiger partial charge in [0, 0.05) is 10.9 Å². The predicted molar refractivity (Wildman–Crippen MR) is 96.3 cm³/mol. The van der Waals surface area contributed by atoms with Crippen LogP contribution >= 0.6 is 38.6 Å². The number of thiazole rings is 1. The van der Waals surface area contributed by atoms with Crippen molar-refractivity contribution in [1.29, 1.82) is 0 Å². The second-order valence-electron chi connectivity index (χ2n) is 6.49. The predicted octanol–water partition coefficient (Wildman–Crippen LogP) is 5.65. The van der Waals surface area contributed by atoms with E-state index in [2.05, 4.69) is 54.2 Å². The van der Waals surface area contributed by atoms with E-state index in [0.717, 1.165) is 13.0 Å². The number of fused-ring (bicyclic) bond motifs is 1. The van der Waals surface area contributed by atoms with Gasteiger partial charge in [-0.3, -0.25) is 0 Å². The van der Waals surface area contributed by atoms with E-state index in [1.54, 1.807) is 11.3 Å². The SMILES string of the molecule is CCCNC1CC(C)(C)Cc2nc(-c3ccc(Br)s3)sc21. The van der Waals surface area contributed by atoms with Crippen LogP contribution < -0.4 is 5.32 Å². The molecule has 21 heavy (non-hydrogen) atoms. The van der Waals surface area contributed by atoms with Crippen molar-refractivity contribution in [2.75, 3.05) is 6.54 Å². The number of hydrogen-bond acceptors (Lipinski definition) is 4. The van der Waals surface area contributed by atoms with E-state index < -0.39 is 0 Å². The van der Waals surface area contributed by atoms with Gasteiger partial charge in [0.1, 0.15) is 5.01 Å². The molecule has 0 radical (unpaired) electrons. The molecule has 0 bridgehead atoms. The highest BCUT2D eigenvalue weighted by molar-refractivity contribution is 9.11. The molecular formula is C16H21BrN2S2. The third-order valence-electron chi connectivity index (χ3n) is 3.87. The summed E-state index contributed by atoms with van der Waals surface area (Å²) in [5, 5.41) is 4.90. The maximum atomic E-state index is 4.96. The van der Waals surface area contributed by atoms with E-state index in [9.17, 15) is 0 Å². The van der Waals surface area contributed by atoms with Crippen LogP contribution in [0.15, 0.2) is 15.9 Å². The zero-order chi connectivity index (χ0) is 15.0. The minimum absolute atomic E-state index is 0.333. The molecule has 0 aliphatic heterocycles. The highest BCUT2D eigenvalue weighted by atomic mass is 79.9. The molecule has 3 rings (SSSR count). The van der Waals surface area contributed by atoms with Crippen molar-refractivity contribution < 1.29 is 0 Å². The maximum absolute atomic E-state index is 4.96. The highest BCUT2D eigenvalue weighted by Gasteiger charge is 2.34. The first kappa shape index (κ1) is 15.7. The molecule has 0 aromatic carbocycles. The van der Waals surface area contributed by atoms with Crippen molar-refractivity contribution in [1.82, 2.24) is 10.3 Å². The molecule has 0 spiro atoms. The quantitative estimate of drug-likeness (QED) is 0.736. The molecule has 1 aliphatic carbocycles. The topological polar surface area (TPSA) is 24.9 Å². The van der Waals surface area contributed by atoms with Crippen LogP contribution in [0.2, 0.25) is 0 Å². The molecule has 1 unspecified atom stereocenters. The smallest absolute Gasteiger partial charge is 0.133 e. The summed E-state index contributed by atoms with van der Waals surface area (Å²) in [7, 11) is 0. The number of halogens is 1. The van der Waals surface area contributed by atoms with Crippen LogP contribution in [-0.2, 0) is 6.42 Å². The van der Waals surface area contributed by atoms with E-state index >= 15 is 0 Å². The van der Waals surface area contributed by atoms with E-state index in [-0.39, 0.29) is 0 Å². The Bertz CT molecular complexity index is 630. The monoisotopic (exact) mass is 384 g/mol. The van der Waals surface area contributed by atoms with Gasteiger partial charge in [0.25, 0.3) is 0 Å². The lowest BCUT2D eigenvalue weighted by Gasteiger charge is -2.34. The average Bonchev–Trinajstić information content (AvgIpc) is 3.00. The van der Waals surface area contributed by atoms with Gasteiger partial charge in [0.2, 0.25) is 0 Å². The van der Waals surface area contributed by atoms with Gasteiger partial charge in [-0.2, -0.15) is 0 Å². The summed E-state index contributed by atoms with van der Waals surface area (Å²) in [6, 6.07) is 4.74. The van der Waals surface area contributed by atoms with Crippen LogP contribution in [0.4, 0.5) is 0 Å². The average molecular weight is 385 g/mol. The number of aromatic nitrogens is 1. The van der Waals surface area contributed by atoms with Gasteiger partial charge in [-0.05, 0) is 59.3 Å². The van der Waals surface area contributed by atoms with Gasteiger partial charge >= 0.3 is 0 Å². The molecule has 114 valence electrons. The Balaban J connectivity index is 1.94. The molecule has 0 saturated carbocycles. The number of hydrogen-bond donors (Lipinski definition) is 1. The fraction of sp³-hybridized carbons (Fsp3) is 0.562. The summed E-state index contributed by atoms with van der Waals surface area (Å²) < 4.78 is 1.17. The Hall–Kier alpha value is -0.230. The summed E-state index contributed by atoms with van der Waals surface area (Å²) in [4.78, 5) is 7.69. The molecule has 1 atom stereocenters. The zero-order valence-corrected chi connectivity index (χ0v) is 15.9. The first-order valence-corrected chi connectivity index (χ1v) is 9.90. The van der Waals surface area contributed by atoms with Crippen LogP contribution in [-0.4, -0.2) is 11.5 Å². The minimum atomic E-state index is 0.333. The third-order valence-corrected chi connectivity index (χ3v) is 6.88. The second kappa shape index (κ2) is 6.11. The highest BCUT2D eigenvalue weighted by Crippen LogP contribution is 2.45. The lowest BCUT2D eigenvalue weighted by molar-refractivity contribution is 0.258. The molecule has 5 heteroatoms. The Morgan fingerprint density at radius 3 is 2.86 bits per heavy atom. The van der Waals surface area contributed by atoms with Crippen molar-refractivity contribution in [2.45, 2.75) is 46.1 Å². The van der Waals surface area contributed by atoms with E-state index in [1.165, 1.54) is 37.1 Å². The lowest BCUT2D eigenvalue weighted by atomic mass is 9.76. The molecule has 0 fully saturated rings. The Morgan fingerprint density at radius 1 is 1.38 bits per heavy atom. The summed E-state index contributed by atoms with van der Waals surface area (Å²) in [6.07, 6.45) is 3.47. The van der Waals surface area contributed by atoms with Crippen molar-refractivity contribution in [3.8, 4) is 9.88 Å². The van der Waals surface area contributed by atoms with Gasteiger partial charge in [-0.1, -0.05) is 20.8 Å². The third kappa shape index (κ3) is 3.41.